The summed E-state index contributed by atoms with van der Waals surface area (Å²) in [5.74, 6) is -2.64. The molecule has 29 heavy (non-hydrogen) atoms. The van der Waals surface area contributed by atoms with Crippen molar-refractivity contribution in [3.05, 3.63) is 87.9 Å². The van der Waals surface area contributed by atoms with E-state index in [1.54, 1.807) is 0 Å². The number of carbonyl (C=O) groups is 1. The molecular formula is C19H12Cl2F2N2O3S. The van der Waals surface area contributed by atoms with E-state index in [0.29, 0.717) is 0 Å². The lowest BCUT2D eigenvalue weighted by molar-refractivity contribution is 0.102. The van der Waals surface area contributed by atoms with Crippen molar-refractivity contribution in [2.45, 2.75) is 4.90 Å². The first-order valence-corrected chi connectivity index (χ1v) is 10.2. The highest BCUT2D eigenvalue weighted by Gasteiger charge is 2.19. The van der Waals surface area contributed by atoms with Crippen LogP contribution in [-0.2, 0) is 10.0 Å². The fraction of sp³-hybridized carbons (Fsp3) is 0. The van der Waals surface area contributed by atoms with Crippen LogP contribution in [0.2, 0.25) is 10.0 Å². The van der Waals surface area contributed by atoms with E-state index in [-0.39, 0.29) is 31.9 Å². The van der Waals surface area contributed by atoms with Crippen LogP contribution in [0.25, 0.3) is 0 Å². The van der Waals surface area contributed by atoms with E-state index in [4.69, 9.17) is 23.2 Å². The number of rotatable bonds is 5. The fourth-order valence-electron chi connectivity index (χ4n) is 2.37. The van der Waals surface area contributed by atoms with Gasteiger partial charge >= 0.3 is 0 Å². The number of benzene rings is 3. The summed E-state index contributed by atoms with van der Waals surface area (Å²) >= 11 is 11.6. The summed E-state index contributed by atoms with van der Waals surface area (Å²) in [7, 11) is -4.13. The van der Waals surface area contributed by atoms with Gasteiger partial charge in [-0.15, -0.1) is 0 Å². The maximum atomic E-state index is 14.4. The van der Waals surface area contributed by atoms with E-state index in [1.165, 1.54) is 36.4 Å². The highest BCUT2D eigenvalue weighted by Crippen LogP contribution is 2.27. The highest BCUT2D eigenvalue weighted by atomic mass is 35.5. The average Bonchev–Trinajstić information content (AvgIpc) is 2.66. The van der Waals surface area contributed by atoms with E-state index in [1.807, 2.05) is 0 Å². The van der Waals surface area contributed by atoms with Gasteiger partial charge in [-0.1, -0.05) is 35.3 Å². The molecule has 5 nitrogen and oxygen atoms in total. The Balaban J connectivity index is 1.82. The molecule has 1 amide bonds. The number of anilines is 2. The summed E-state index contributed by atoms with van der Waals surface area (Å²) in [5.41, 5.74) is -0.437. The highest BCUT2D eigenvalue weighted by molar-refractivity contribution is 7.92. The molecule has 0 saturated heterocycles. The second-order valence-electron chi connectivity index (χ2n) is 5.81. The van der Waals surface area contributed by atoms with E-state index in [2.05, 4.69) is 10.0 Å². The van der Waals surface area contributed by atoms with E-state index in [9.17, 15) is 22.0 Å². The number of sulfonamides is 1. The van der Waals surface area contributed by atoms with E-state index >= 15 is 0 Å². The first-order valence-electron chi connectivity index (χ1n) is 8.01. The molecule has 0 aliphatic carbocycles. The molecular weight excluding hydrogens is 445 g/mol. The minimum Gasteiger partial charge on any atom is -0.319 e. The van der Waals surface area contributed by atoms with E-state index in [0.717, 1.165) is 24.3 Å². The molecule has 3 aromatic carbocycles. The standard InChI is InChI=1S/C19H12Cl2F2N2O3S/c20-14-7-5-11(9-15(14)21)25-29(27,28)12-6-8-18(17(23)10-12)24-19(26)13-3-1-2-4-16(13)22/h1-10,25H,(H,24,26). The first-order chi connectivity index (χ1) is 13.7. The smallest absolute Gasteiger partial charge is 0.261 e. The topological polar surface area (TPSA) is 75.3 Å². The zero-order valence-electron chi connectivity index (χ0n) is 14.4. The normalized spacial score (nSPS) is 11.2. The Bertz CT molecular complexity index is 1200. The van der Waals surface area contributed by atoms with Crippen molar-refractivity contribution >= 4 is 50.5 Å². The molecule has 2 N–H and O–H groups in total. The minimum absolute atomic E-state index is 0.136. The van der Waals surface area contributed by atoms with Gasteiger partial charge in [0.25, 0.3) is 15.9 Å². The number of hydrogen-bond donors (Lipinski definition) is 2. The van der Waals surface area contributed by atoms with Gasteiger partial charge in [-0.05, 0) is 48.5 Å². The van der Waals surface area contributed by atoms with Gasteiger partial charge < -0.3 is 5.32 Å². The van der Waals surface area contributed by atoms with Crippen molar-refractivity contribution in [2.75, 3.05) is 10.0 Å². The zero-order chi connectivity index (χ0) is 21.2. The molecule has 3 rings (SSSR count). The van der Waals surface area contributed by atoms with Crippen molar-refractivity contribution < 1.29 is 22.0 Å². The third-order valence-corrected chi connectivity index (χ3v) is 5.91. The molecule has 0 saturated carbocycles. The van der Waals surface area contributed by atoms with Gasteiger partial charge in [-0.3, -0.25) is 9.52 Å². The number of amides is 1. The van der Waals surface area contributed by atoms with Crippen LogP contribution in [0.15, 0.2) is 65.6 Å². The van der Waals surface area contributed by atoms with Crippen LogP contribution in [0, 0.1) is 11.6 Å². The van der Waals surface area contributed by atoms with Gasteiger partial charge in [-0.25, -0.2) is 17.2 Å². The summed E-state index contributed by atoms with van der Waals surface area (Å²) in [6.07, 6.45) is 0. The van der Waals surface area contributed by atoms with Crippen LogP contribution in [0.1, 0.15) is 10.4 Å². The van der Waals surface area contributed by atoms with Crippen molar-refractivity contribution in [3.63, 3.8) is 0 Å². The van der Waals surface area contributed by atoms with Gasteiger partial charge in [0.1, 0.15) is 11.6 Å². The van der Waals surface area contributed by atoms with Crippen LogP contribution in [-0.4, -0.2) is 14.3 Å². The molecule has 3 aromatic rings. The van der Waals surface area contributed by atoms with Gasteiger partial charge in [0.2, 0.25) is 0 Å². The molecule has 10 heteroatoms. The lowest BCUT2D eigenvalue weighted by Crippen LogP contribution is -2.16. The van der Waals surface area contributed by atoms with Crippen molar-refractivity contribution in [3.8, 4) is 0 Å². The third kappa shape index (κ3) is 4.84. The predicted molar refractivity (Wildman–Crippen MR) is 108 cm³/mol. The minimum atomic E-state index is -4.13. The maximum absolute atomic E-state index is 14.4. The molecule has 150 valence electrons. The fourth-order valence-corrected chi connectivity index (χ4v) is 3.73. The van der Waals surface area contributed by atoms with Crippen molar-refractivity contribution in [1.29, 1.82) is 0 Å². The molecule has 0 fully saturated rings. The number of hydrogen-bond acceptors (Lipinski definition) is 3. The largest absolute Gasteiger partial charge is 0.319 e. The van der Waals surface area contributed by atoms with Gasteiger partial charge in [0, 0.05) is 0 Å². The van der Waals surface area contributed by atoms with Crippen LogP contribution in [0.3, 0.4) is 0 Å². The van der Waals surface area contributed by atoms with E-state index < -0.39 is 27.6 Å². The molecule has 0 heterocycles. The summed E-state index contributed by atoms with van der Waals surface area (Å²) in [4.78, 5) is 11.7. The quantitative estimate of drug-likeness (QED) is 0.544. The Morgan fingerprint density at radius 1 is 0.862 bits per heavy atom. The number of halogens is 4. The summed E-state index contributed by atoms with van der Waals surface area (Å²) in [5, 5.41) is 2.60. The zero-order valence-corrected chi connectivity index (χ0v) is 16.7. The molecule has 0 aliphatic heterocycles. The monoisotopic (exact) mass is 456 g/mol. The summed E-state index contributed by atoms with van der Waals surface area (Å²) in [6, 6.07) is 12.2. The Labute approximate surface area is 175 Å². The second kappa shape index (κ2) is 8.36. The van der Waals surface area contributed by atoms with Crippen LogP contribution >= 0.6 is 23.2 Å². The molecule has 0 spiro atoms. The maximum Gasteiger partial charge on any atom is 0.261 e. The molecule has 0 unspecified atom stereocenters. The molecule has 0 radical (unpaired) electrons. The van der Waals surface area contributed by atoms with Gasteiger partial charge in [-0.2, -0.15) is 0 Å². The summed E-state index contributed by atoms with van der Waals surface area (Å²) in [6.45, 7) is 0. The van der Waals surface area contributed by atoms with Gasteiger partial charge in [0.15, 0.2) is 0 Å². The van der Waals surface area contributed by atoms with Crippen LogP contribution in [0.5, 0.6) is 0 Å². The first kappa shape index (κ1) is 21.0. The van der Waals surface area contributed by atoms with Crippen molar-refractivity contribution in [2.24, 2.45) is 0 Å². The second-order valence-corrected chi connectivity index (χ2v) is 8.31. The Hall–Kier alpha value is -2.68. The van der Waals surface area contributed by atoms with Crippen LogP contribution in [0.4, 0.5) is 20.2 Å². The molecule has 0 atom stereocenters. The summed E-state index contributed by atoms with van der Waals surface area (Å²) < 4.78 is 55.2. The number of nitrogens with one attached hydrogen (secondary N) is 2. The predicted octanol–water partition coefficient (Wildman–Crippen LogP) is 5.32. The lowest BCUT2D eigenvalue weighted by atomic mass is 10.2. The average molecular weight is 457 g/mol. The Morgan fingerprint density at radius 2 is 1.59 bits per heavy atom. The Morgan fingerprint density at radius 3 is 2.24 bits per heavy atom. The SMILES string of the molecule is O=C(Nc1ccc(S(=O)(=O)Nc2ccc(Cl)c(Cl)c2)cc1F)c1ccccc1F. The van der Waals surface area contributed by atoms with Gasteiger partial charge in [0.05, 0.1) is 31.9 Å². The molecule has 0 aliphatic rings. The number of carbonyl (C=O) groups excluding carboxylic acids is 1. The van der Waals surface area contributed by atoms with Crippen molar-refractivity contribution in [1.82, 2.24) is 0 Å². The molecule has 0 bridgehead atoms. The lowest BCUT2D eigenvalue weighted by Gasteiger charge is -2.11. The third-order valence-electron chi connectivity index (χ3n) is 3.79. The molecule has 0 aromatic heterocycles. The van der Waals surface area contributed by atoms with Crippen LogP contribution < -0.4 is 10.0 Å². The Kier molecular flexibility index (Phi) is 6.07.